The minimum atomic E-state index is -0.142. The lowest BCUT2D eigenvalue weighted by molar-refractivity contribution is 0.185. The van der Waals surface area contributed by atoms with E-state index in [-0.39, 0.29) is 21.8 Å². The monoisotopic (exact) mass is 403 g/mol. The van der Waals surface area contributed by atoms with Gasteiger partial charge in [-0.05, 0) is 36.2 Å². The third kappa shape index (κ3) is 5.10. The fourth-order valence-electron chi connectivity index (χ4n) is 2.74. The molecule has 7 heteroatoms. The molecule has 1 unspecified atom stereocenters. The number of anilines is 1. The molecule has 0 saturated heterocycles. The summed E-state index contributed by atoms with van der Waals surface area (Å²) in [5.41, 5.74) is 2.50. The lowest BCUT2D eigenvalue weighted by atomic mass is 10.1. The summed E-state index contributed by atoms with van der Waals surface area (Å²) in [6.07, 6.45) is 0.807. The maximum atomic E-state index is 9.67. The van der Waals surface area contributed by atoms with Gasteiger partial charge >= 0.3 is 0 Å². The van der Waals surface area contributed by atoms with E-state index in [1.165, 1.54) is 5.56 Å². The number of rotatable bonds is 7. The number of phenolic OH excluding ortho intramolecular Hbond substituents is 1. The van der Waals surface area contributed by atoms with Crippen molar-refractivity contribution >= 4 is 29.0 Å². The van der Waals surface area contributed by atoms with Crippen LogP contribution in [0.1, 0.15) is 5.56 Å². The number of hydrogen-bond acceptors (Lipinski definition) is 5. The Hall–Kier alpha value is -2.34. The van der Waals surface area contributed by atoms with Crippen molar-refractivity contribution in [3.8, 4) is 17.0 Å². The number of aromatic hydroxyl groups is 1. The number of phenols is 1. The Labute approximate surface area is 167 Å². The first-order valence-corrected chi connectivity index (χ1v) is 9.14. The van der Waals surface area contributed by atoms with Crippen molar-refractivity contribution in [2.24, 2.45) is 0 Å². The highest BCUT2D eigenvalue weighted by Gasteiger charge is 2.12. The third-order valence-electron chi connectivity index (χ3n) is 4.02. The van der Waals surface area contributed by atoms with Gasteiger partial charge in [0.25, 0.3) is 0 Å². The lowest BCUT2D eigenvalue weighted by Gasteiger charge is -2.18. The summed E-state index contributed by atoms with van der Waals surface area (Å²) in [5.74, 6) is 0.504. The summed E-state index contributed by atoms with van der Waals surface area (Å²) in [5, 5.41) is 21.8. The van der Waals surface area contributed by atoms with Crippen LogP contribution in [-0.2, 0) is 11.2 Å². The van der Waals surface area contributed by atoms with E-state index in [4.69, 9.17) is 27.9 Å². The van der Waals surface area contributed by atoms with Gasteiger partial charge in [-0.3, -0.25) is 0 Å². The summed E-state index contributed by atoms with van der Waals surface area (Å²) in [6, 6.07) is 17.1. The maximum absolute atomic E-state index is 9.67. The zero-order chi connectivity index (χ0) is 19.2. The van der Waals surface area contributed by atoms with Gasteiger partial charge in [0.05, 0.1) is 28.4 Å². The number of benzene rings is 2. The largest absolute Gasteiger partial charge is 0.505 e. The van der Waals surface area contributed by atoms with E-state index in [1.807, 2.05) is 30.3 Å². The summed E-state index contributed by atoms with van der Waals surface area (Å²) >= 11 is 11.9. The molecule has 5 nitrogen and oxygen atoms in total. The smallest absolute Gasteiger partial charge is 0.152 e. The van der Waals surface area contributed by atoms with E-state index < -0.39 is 0 Å². The van der Waals surface area contributed by atoms with Crippen LogP contribution in [0.5, 0.6) is 5.75 Å². The molecule has 0 aliphatic rings. The lowest BCUT2D eigenvalue weighted by Crippen LogP contribution is -2.28. The first-order chi connectivity index (χ1) is 13.1. The number of nitrogens with one attached hydrogen (secondary N) is 1. The van der Waals surface area contributed by atoms with Crippen LogP contribution in [0.3, 0.4) is 0 Å². The molecule has 1 heterocycles. The highest BCUT2D eigenvalue weighted by Crippen LogP contribution is 2.35. The van der Waals surface area contributed by atoms with Gasteiger partial charge in [-0.2, -0.15) is 0 Å². The molecular formula is C20H19Cl2N3O2. The van der Waals surface area contributed by atoms with E-state index in [0.29, 0.717) is 23.7 Å². The van der Waals surface area contributed by atoms with Gasteiger partial charge in [0.1, 0.15) is 5.82 Å². The second-order valence-corrected chi connectivity index (χ2v) is 6.89. The van der Waals surface area contributed by atoms with Crippen LogP contribution < -0.4 is 5.32 Å². The summed E-state index contributed by atoms with van der Waals surface area (Å²) < 4.78 is 5.32. The Morgan fingerprint density at radius 2 is 1.74 bits per heavy atom. The van der Waals surface area contributed by atoms with Gasteiger partial charge in [0.15, 0.2) is 5.75 Å². The zero-order valence-electron chi connectivity index (χ0n) is 14.7. The van der Waals surface area contributed by atoms with Crippen LogP contribution in [0.4, 0.5) is 5.82 Å². The van der Waals surface area contributed by atoms with Crippen molar-refractivity contribution in [3.63, 3.8) is 0 Å². The second-order valence-electron chi connectivity index (χ2n) is 6.08. The first-order valence-electron chi connectivity index (χ1n) is 8.38. The molecular weight excluding hydrogens is 385 g/mol. The highest BCUT2D eigenvalue weighted by atomic mass is 35.5. The van der Waals surface area contributed by atoms with E-state index in [2.05, 4.69) is 27.6 Å². The molecule has 27 heavy (non-hydrogen) atoms. The van der Waals surface area contributed by atoms with Crippen molar-refractivity contribution in [3.05, 3.63) is 70.2 Å². The Morgan fingerprint density at radius 3 is 2.33 bits per heavy atom. The molecule has 0 radical (unpaired) electrons. The van der Waals surface area contributed by atoms with Crippen molar-refractivity contribution in [1.29, 1.82) is 0 Å². The van der Waals surface area contributed by atoms with E-state index in [0.717, 1.165) is 6.42 Å². The molecule has 0 fully saturated rings. The normalized spacial score (nSPS) is 12.0. The minimum Gasteiger partial charge on any atom is -0.505 e. The molecule has 2 N–H and O–H groups in total. The van der Waals surface area contributed by atoms with E-state index >= 15 is 0 Å². The fourth-order valence-corrected chi connectivity index (χ4v) is 3.22. The molecule has 0 spiro atoms. The Morgan fingerprint density at radius 1 is 1.04 bits per heavy atom. The molecule has 3 aromatic rings. The standard InChI is InChI=1S/C20H19Cl2N3O2/c1-27-12-15(9-13-5-3-2-4-6-13)23-19-8-7-18(24-25-19)14-10-16(21)20(26)17(22)11-14/h2-8,10-11,15,26H,9,12H2,1H3,(H,23,25). The van der Waals surface area contributed by atoms with E-state index in [1.54, 1.807) is 19.2 Å². The van der Waals surface area contributed by atoms with Crippen LogP contribution in [0, 0.1) is 0 Å². The van der Waals surface area contributed by atoms with E-state index in [9.17, 15) is 5.11 Å². The van der Waals surface area contributed by atoms with Crippen molar-refractivity contribution in [2.45, 2.75) is 12.5 Å². The SMILES string of the molecule is COCC(Cc1ccccc1)Nc1ccc(-c2cc(Cl)c(O)c(Cl)c2)nn1. The zero-order valence-corrected chi connectivity index (χ0v) is 16.2. The number of ether oxygens (including phenoxy) is 1. The van der Waals surface area contributed by atoms with Crippen LogP contribution in [0.2, 0.25) is 10.0 Å². The maximum Gasteiger partial charge on any atom is 0.152 e. The Bertz CT molecular complexity index is 866. The predicted molar refractivity (Wildman–Crippen MR) is 109 cm³/mol. The average Bonchev–Trinajstić information content (AvgIpc) is 2.67. The summed E-state index contributed by atoms with van der Waals surface area (Å²) in [6.45, 7) is 0.543. The topological polar surface area (TPSA) is 67.3 Å². The van der Waals surface area contributed by atoms with Gasteiger partial charge in [-0.15, -0.1) is 10.2 Å². The molecule has 0 saturated carbocycles. The van der Waals surface area contributed by atoms with Crippen LogP contribution in [-0.4, -0.2) is 35.1 Å². The van der Waals surface area contributed by atoms with Gasteiger partial charge in [0, 0.05) is 12.7 Å². The number of methoxy groups -OCH3 is 1. The third-order valence-corrected chi connectivity index (χ3v) is 4.60. The number of hydrogen-bond donors (Lipinski definition) is 2. The summed E-state index contributed by atoms with van der Waals surface area (Å²) in [7, 11) is 1.67. The molecule has 0 amide bonds. The van der Waals surface area contributed by atoms with Crippen LogP contribution in [0.15, 0.2) is 54.6 Å². The van der Waals surface area contributed by atoms with Crippen molar-refractivity contribution in [1.82, 2.24) is 10.2 Å². The van der Waals surface area contributed by atoms with Crippen molar-refractivity contribution in [2.75, 3.05) is 19.0 Å². The first kappa shape index (κ1) is 19.4. The molecule has 2 aromatic carbocycles. The number of nitrogens with zero attached hydrogens (tertiary/aromatic N) is 2. The average molecular weight is 404 g/mol. The molecule has 0 aliphatic carbocycles. The molecule has 1 atom stereocenters. The highest BCUT2D eigenvalue weighted by molar-refractivity contribution is 6.37. The van der Waals surface area contributed by atoms with Crippen molar-refractivity contribution < 1.29 is 9.84 Å². The quantitative estimate of drug-likeness (QED) is 0.591. The summed E-state index contributed by atoms with van der Waals surface area (Å²) in [4.78, 5) is 0. The predicted octanol–water partition coefficient (Wildman–Crippen LogP) is 4.83. The van der Waals surface area contributed by atoms with Crippen LogP contribution in [0.25, 0.3) is 11.3 Å². The second kappa shape index (κ2) is 9.04. The molecule has 140 valence electrons. The van der Waals surface area contributed by atoms with Gasteiger partial charge < -0.3 is 15.2 Å². The number of halogens is 2. The minimum absolute atomic E-state index is 0.0649. The van der Waals surface area contributed by atoms with Gasteiger partial charge in [-0.25, -0.2) is 0 Å². The molecule has 1 aromatic heterocycles. The fraction of sp³-hybridized carbons (Fsp3) is 0.200. The Kier molecular flexibility index (Phi) is 6.50. The van der Waals surface area contributed by atoms with Gasteiger partial charge in [-0.1, -0.05) is 53.5 Å². The molecule has 0 aliphatic heterocycles. The number of aromatic nitrogens is 2. The van der Waals surface area contributed by atoms with Gasteiger partial charge in [0.2, 0.25) is 0 Å². The molecule has 3 rings (SSSR count). The Balaban J connectivity index is 1.74. The molecule has 0 bridgehead atoms. The van der Waals surface area contributed by atoms with Crippen LogP contribution >= 0.6 is 23.2 Å².